The highest BCUT2D eigenvalue weighted by molar-refractivity contribution is 5.94. The van der Waals surface area contributed by atoms with Gasteiger partial charge in [0, 0.05) is 19.9 Å². The third-order valence-electron chi connectivity index (χ3n) is 6.30. The Kier molecular flexibility index (Phi) is 12.5. The number of esters is 1. The number of ether oxygens (including phenoxy) is 2. The van der Waals surface area contributed by atoms with Crippen molar-refractivity contribution in [3.63, 3.8) is 0 Å². The molecule has 0 aliphatic carbocycles. The minimum Gasteiger partial charge on any atom is -0.458 e. The van der Waals surface area contributed by atoms with E-state index in [1.165, 1.54) is 11.9 Å². The molecule has 0 saturated heterocycles. The molecule has 11 nitrogen and oxygen atoms in total. The van der Waals surface area contributed by atoms with Crippen molar-refractivity contribution in [2.75, 3.05) is 7.05 Å². The number of benzene rings is 2. The molecule has 0 bridgehead atoms. The van der Waals surface area contributed by atoms with Crippen LogP contribution in [0.1, 0.15) is 77.1 Å². The number of alkyl carbamates (subject to hydrolysis) is 1. The van der Waals surface area contributed by atoms with Crippen LogP contribution in [0.4, 0.5) is 4.79 Å². The van der Waals surface area contributed by atoms with Crippen LogP contribution in [0.3, 0.4) is 0 Å². The molecule has 4 amide bonds. The Bertz CT molecular complexity index is 1320. The van der Waals surface area contributed by atoms with Gasteiger partial charge in [-0.2, -0.15) is 0 Å². The van der Waals surface area contributed by atoms with Crippen LogP contribution in [-0.2, 0) is 35.1 Å². The van der Waals surface area contributed by atoms with E-state index >= 15 is 0 Å². The normalized spacial score (nSPS) is 13.5. The molecule has 11 heteroatoms. The number of hydrogen-bond acceptors (Lipinski definition) is 7. The van der Waals surface area contributed by atoms with Gasteiger partial charge in [-0.05, 0) is 66.0 Å². The largest absolute Gasteiger partial charge is 0.458 e. The molecule has 0 saturated carbocycles. The molecule has 0 aromatic heterocycles. The van der Waals surface area contributed by atoms with E-state index in [0.29, 0.717) is 5.56 Å². The van der Waals surface area contributed by atoms with Crippen molar-refractivity contribution in [2.45, 2.75) is 97.1 Å². The number of hydrogen-bond donors (Lipinski definition) is 3. The van der Waals surface area contributed by atoms with Crippen LogP contribution in [0.15, 0.2) is 54.6 Å². The molecule has 0 spiro atoms. The number of likely N-dealkylation sites (N-methyl/N-ethyl adjacent to an activating group) is 1. The number of carbonyl (C=O) groups excluding carboxylic acids is 5. The first-order chi connectivity index (χ1) is 20.4. The number of primary amides is 1. The number of nitrogens with one attached hydrogen (secondary N) is 2. The molecule has 2 aromatic rings. The molecular weight excluding hydrogens is 564 g/mol. The fourth-order valence-corrected chi connectivity index (χ4v) is 4.42. The van der Waals surface area contributed by atoms with Crippen LogP contribution in [0.5, 0.6) is 0 Å². The average molecular weight is 611 g/mol. The molecule has 3 atom stereocenters. The Morgan fingerprint density at radius 2 is 1.45 bits per heavy atom. The summed E-state index contributed by atoms with van der Waals surface area (Å²) in [6.07, 6.45) is -1.02. The summed E-state index contributed by atoms with van der Waals surface area (Å²) in [5.41, 5.74) is 5.81. The Morgan fingerprint density at radius 3 is 2.00 bits per heavy atom. The van der Waals surface area contributed by atoms with Gasteiger partial charge in [-0.3, -0.25) is 14.4 Å². The maximum absolute atomic E-state index is 14.1. The van der Waals surface area contributed by atoms with Gasteiger partial charge >= 0.3 is 12.1 Å². The highest BCUT2D eigenvalue weighted by Gasteiger charge is 2.36. The lowest BCUT2D eigenvalue weighted by molar-refractivity contribution is -0.159. The van der Waals surface area contributed by atoms with Gasteiger partial charge in [0.15, 0.2) is 0 Å². The summed E-state index contributed by atoms with van der Waals surface area (Å²) in [4.78, 5) is 66.6. The average Bonchev–Trinajstić information content (AvgIpc) is 2.89. The zero-order valence-corrected chi connectivity index (χ0v) is 26.9. The SMILES string of the molecule is Cc1cccc(C(C(=O)NC(Cc2ccccc2)C(=O)OC(C)(C)C)N(C)C(=O)C(CCC(N)=O)NC(=O)OC(C)(C)C)c1. The van der Waals surface area contributed by atoms with Gasteiger partial charge in [0.25, 0.3) is 0 Å². The van der Waals surface area contributed by atoms with Gasteiger partial charge in [0.05, 0.1) is 0 Å². The second-order valence-corrected chi connectivity index (χ2v) is 12.8. The van der Waals surface area contributed by atoms with E-state index in [9.17, 15) is 24.0 Å². The van der Waals surface area contributed by atoms with E-state index in [1.54, 1.807) is 59.7 Å². The number of nitrogens with zero attached hydrogens (tertiary/aromatic N) is 1. The second-order valence-electron chi connectivity index (χ2n) is 12.8. The highest BCUT2D eigenvalue weighted by atomic mass is 16.6. The van der Waals surface area contributed by atoms with E-state index in [-0.39, 0.29) is 19.3 Å². The number of amides is 4. The van der Waals surface area contributed by atoms with Gasteiger partial charge < -0.3 is 30.7 Å². The van der Waals surface area contributed by atoms with Crippen molar-refractivity contribution < 1.29 is 33.4 Å². The van der Waals surface area contributed by atoms with Gasteiger partial charge in [0.2, 0.25) is 17.7 Å². The molecule has 2 rings (SSSR count). The lowest BCUT2D eigenvalue weighted by Gasteiger charge is -2.33. The van der Waals surface area contributed by atoms with E-state index < -0.39 is 59.1 Å². The van der Waals surface area contributed by atoms with Crippen LogP contribution in [0, 0.1) is 6.92 Å². The maximum Gasteiger partial charge on any atom is 0.408 e. The Labute approximate surface area is 259 Å². The van der Waals surface area contributed by atoms with Crippen LogP contribution in [0.25, 0.3) is 0 Å². The van der Waals surface area contributed by atoms with Crippen molar-refractivity contribution in [1.82, 2.24) is 15.5 Å². The van der Waals surface area contributed by atoms with Crippen molar-refractivity contribution in [3.05, 3.63) is 71.3 Å². The zero-order valence-electron chi connectivity index (χ0n) is 26.9. The second kappa shape index (κ2) is 15.4. The highest BCUT2D eigenvalue weighted by Crippen LogP contribution is 2.24. The molecule has 0 aliphatic heterocycles. The number of rotatable bonds is 12. The number of aryl methyl sites for hydroxylation is 1. The predicted molar refractivity (Wildman–Crippen MR) is 166 cm³/mol. The quantitative estimate of drug-likeness (QED) is 0.309. The Balaban J connectivity index is 2.48. The van der Waals surface area contributed by atoms with E-state index in [2.05, 4.69) is 10.6 Å². The van der Waals surface area contributed by atoms with Gasteiger partial charge in [-0.15, -0.1) is 0 Å². The molecule has 240 valence electrons. The van der Waals surface area contributed by atoms with Crippen molar-refractivity contribution >= 4 is 29.8 Å². The predicted octanol–water partition coefficient (Wildman–Crippen LogP) is 3.72. The summed E-state index contributed by atoms with van der Waals surface area (Å²) in [7, 11) is 1.42. The number of nitrogens with two attached hydrogens (primary N) is 1. The summed E-state index contributed by atoms with van der Waals surface area (Å²) in [6, 6.07) is 12.7. The topological polar surface area (TPSA) is 157 Å². The first-order valence-corrected chi connectivity index (χ1v) is 14.5. The van der Waals surface area contributed by atoms with Crippen molar-refractivity contribution in [3.8, 4) is 0 Å². The zero-order chi connectivity index (χ0) is 33.2. The monoisotopic (exact) mass is 610 g/mol. The van der Waals surface area contributed by atoms with E-state index in [0.717, 1.165) is 11.1 Å². The summed E-state index contributed by atoms with van der Waals surface area (Å²) < 4.78 is 10.9. The maximum atomic E-state index is 14.1. The van der Waals surface area contributed by atoms with Gasteiger partial charge in [0.1, 0.15) is 29.3 Å². The summed E-state index contributed by atoms with van der Waals surface area (Å²) in [6.45, 7) is 12.1. The molecular formula is C33H46N4O7. The lowest BCUT2D eigenvalue weighted by Crippen LogP contribution is -2.54. The van der Waals surface area contributed by atoms with Crippen LogP contribution in [-0.4, -0.2) is 65.0 Å². The Morgan fingerprint density at radius 1 is 0.841 bits per heavy atom. The molecule has 0 heterocycles. The molecule has 0 radical (unpaired) electrons. The summed E-state index contributed by atoms with van der Waals surface area (Å²) in [5, 5.41) is 5.33. The molecule has 0 fully saturated rings. The van der Waals surface area contributed by atoms with E-state index in [1.807, 2.05) is 43.3 Å². The molecule has 0 aliphatic rings. The fraction of sp³-hybridized carbons (Fsp3) is 0.485. The number of carbonyl (C=O) groups is 5. The smallest absolute Gasteiger partial charge is 0.408 e. The first-order valence-electron chi connectivity index (χ1n) is 14.5. The molecule has 4 N–H and O–H groups in total. The third-order valence-corrected chi connectivity index (χ3v) is 6.30. The van der Waals surface area contributed by atoms with Gasteiger partial charge in [-0.1, -0.05) is 60.2 Å². The molecule has 2 aromatic carbocycles. The third kappa shape index (κ3) is 12.1. The first kappa shape index (κ1) is 35.8. The minimum atomic E-state index is -1.23. The fourth-order valence-electron chi connectivity index (χ4n) is 4.42. The summed E-state index contributed by atoms with van der Waals surface area (Å²) >= 11 is 0. The van der Waals surface area contributed by atoms with Crippen LogP contribution >= 0.6 is 0 Å². The molecule has 44 heavy (non-hydrogen) atoms. The van der Waals surface area contributed by atoms with Crippen molar-refractivity contribution in [2.24, 2.45) is 5.73 Å². The van der Waals surface area contributed by atoms with Crippen molar-refractivity contribution in [1.29, 1.82) is 0 Å². The van der Waals surface area contributed by atoms with Crippen LogP contribution in [0.2, 0.25) is 0 Å². The summed E-state index contributed by atoms with van der Waals surface area (Å²) in [5.74, 6) is -2.58. The Hall–Kier alpha value is -4.41. The minimum absolute atomic E-state index is 0.117. The van der Waals surface area contributed by atoms with E-state index in [4.69, 9.17) is 15.2 Å². The standard InChI is InChI=1S/C33H46N4O7/c1-21-13-12-16-23(19-21)27(37(8)29(40)24(17-18-26(34)38)36-31(42)44-33(5,6)7)28(39)35-25(30(41)43-32(2,3)4)20-22-14-10-9-11-15-22/h9-16,19,24-25,27H,17-18,20H2,1-8H3,(H2,34,38)(H,35,39)(H,36,42). The lowest BCUT2D eigenvalue weighted by atomic mass is 9.99. The van der Waals surface area contributed by atoms with Gasteiger partial charge in [-0.25, -0.2) is 9.59 Å². The molecule has 3 unspecified atom stereocenters. The van der Waals surface area contributed by atoms with Crippen LogP contribution < -0.4 is 16.4 Å².